The lowest BCUT2D eigenvalue weighted by molar-refractivity contribution is 0.425. The van der Waals surface area contributed by atoms with E-state index < -0.39 is 0 Å². The van der Waals surface area contributed by atoms with Crippen molar-refractivity contribution >= 4 is 0 Å². The predicted octanol–water partition coefficient (Wildman–Crippen LogP) is 2.95. The van der Waals surface area contributed by atoms with E-state index in [0.29, 0.717) is 0 Å². The van der Waals surface area contributed by atoms with Crippen LogP contribution >= 0.6 is 0 Å². The second-order valence-electron chi connectivity index (χ2n) is 5.17. The monoisotopic (exact) mass is 181 g/mol. The summed E-state index contributed by atoms with van der Waals surface area (Å²) in [7, 11) is 0. The van der Waals surface area contributed by atoms with Gasteiger partial charge in [0.25, 0.3) is 0 Å². The molecule has 1 heteroatoms. The molecule has 2 rings (SSSR count). The molecule has 2 atom stereocenters. The van der Waals surface area contributed by atoms with Crippen LogP contribution in [-0.2, 0) is 0 Å². The van der Waals surface area contributed by atoms with Crippen molar-refractivity contribution in [3.63, 3.8) is 0 Å². The van der Waals surface area contributed by atoms with Crippen molar-refractivity contribution in [2.45, 2.75) is 57.9 Å². The lowest BCUT2D eigenvalue weighted by Crippen LogP contribution is -2.30. The van der Waals surface area contributed by atoms with E-state index in [0.717, 1.165) is 17.9 Å². The minimum absolute atomic E-state index is 0.871. The molecule has 0 heterocycles. The van der Waals surface area contributed by atoms with Crippen LogP contribution in [0.2, 0.25) is 0 Å². The Labute approximate surface area is 82.3 Å². The molecule has 76 valence electrons. The largest absolute Gasteiger partial charge is 0.314 e. The molecule has 2 saturated carbocycles. The highest BCUT2D eigenvalue weighted by molar-refractivity contribution is 4.78. The van der Waals surface area contributed by atoms with Crippen LogP contribution in [0.4, 0.5) is 0 Å². The molecule has 0 aromatic heterocycles. The Hall–Kier alpha value is -0.0400. The molecule has 1 N–H and O–H groups in total. The Balaban J connectivity index is 1.62. The molecular weight excluding hydrogens is 158 g/mol. The summed E-state index contributed by atoms with van der Waals surface area (Å²) >= 11 is 0. The quantitative estimate of drug-likeness (QED) is 0.706. The standard InChI is InChI=1S/C12H23N/c1-10-6-7-11(8-10)9-13-12-4-2-3-5-12/h10-13H,2-9H2,1H3. The molecule has 13 heavy (non-hydrogen) atoms. The molecule has 0 aromatic carbocycles. The minimum atomic E-state index is 0.871. The minimum Gasteiger partial charge on any atom is -0.314 e. The Morgan fingerprint density at radius 1 is 1.08 bits per heavy atom. The third kappa shape index (κ3) is 2.70. The Morgan fingerprint density at radius 3 is 2.46 bits per heavy atom. The van der Waals surface area contributed by atoms with E-state index in [2.05, 4.69) is 12.2 Å². The topological polar surface area (TPSA) is 12.0 Å². The first kappa shape index (κ1) is 9.51. The van der Waals surface area contributed by atoms with Crippen molar-refractivity contribution in [1.82, 2.24) is 5.32 Å². The third-order valence-corrected chi connectivity index (χ3v) is 3.85. The average molecular weight is 181 g/mol. The van der Waals surface area contributed by atoms with Gasteiger partial charge >= 0.3 is 0 Å². The SMILES string of the molecule is CC1CCC(CNC2CCCC2)C1. The van der Waals surface area contributed by atoms with Crippen LogP contribution < -0.4 is 5.32 Å². The fourth-order valence-corrected chi connectivity index (χ4v) is 2.97. The zero-order valence-electron chi connectivity index (χ0n) is 8.89. The van der Waals surface area contributed by atoms with E-state index in [1.165, 1.54) is 51.5 Å². The Bertz CT molecular complexity index is 149. The van der Waals surface area contributed by atoms with Gasteiger partial charge in [-0.3, -0.25) is 0 Å². The van der Waals surface area contributed by atoms with Crippen molar-refractivity contribution in [2.75, 3.05) is 6.54 Å². The van der Waals surface area contributed by atoms with E-state index in [1.54, 1.807) is 0 Å². The molecular formula is C12H23N. The number of hydrogen-bond donors (Lipinski definition) is 1. The summed E-state index contributed by atoms with van der Waals surface area (Å²) in [6, 6.07) is 0.871. The van der Waals surface area contributed by atoms with Gasteiger partial charge < -0.3 is 5.32 Å². The number of nitrogens with one attached hydrogen (secondary N) is 1. The van der Waals surface area contributed by atoms with Crippen LogP contribution in [0.5, 0.6) is 0 Å². The molecule has 0 amide bonds. The molecule has 2 unspecified atom stereocenters. The first-order valence-electron chi connectivity index (χ1n) is 6.08. The van der Waals surface area contributed by atoms with Gasteiger partial charge in [0.1, 0.15) is 0 Å². The van der Waals surface area contributed by atoms with Crippen molar-refractivity contribution in [3.8, 4) is 0 Å². The summed E-state index contributed by atoms with van der Waals surface area (Å²) < 4.78 is 0. The second kappa shape index (κ2) is 4.45. The average Bonchev–Trinajstić information content (AvgIpc) is 2.71. The van der Waals surface area contributed by atoms with Crippen molar-refractivity contribution < 1.29 is 0 Å². The molecule has 1 nitrogen and oxygen atoms in total. The molecule has 0 saturated heterocycles. The summed E-state index contributed by atoms with van der Waals surface area (Å²) in [6.07, 6.45) is 10.2. The fraction of sp³-hybridized carbons (Fsp3) is 1.00. The van der Waals surface area contributed by atoms with Crippen LogP contribution in [-0.4, -0.2) is 12.6 Å². The van der Waals surface area contributed by atoms with Gasteiger partial charge in [0.15, 0.2) is 0 Å². The summed E-state index contributed by atoms with van der Waals surface area (Å²) in [6.45, 7) is 3.70. The van der Waals surface area contributed by atoms with Crippen LogP contribution in [0, 0.1) is 11.8 Å². The molecule has 0 spiro atoms. The first-order chi connectivity index (χ1) is 6.34. The number of rotatable bonds is 3. The van der Waals surface area contributed by atoms with Gasteiger partial charge in [-0.25, -0.2) is 0 Å². The zero-order valence-corrected chi connectivity index (χ0v) is 8.89. The molecule has 0 aliphatic heterocycles. The van der Waals surface area contributed by atoms with Crippen LogP contribution in [0.1, 0.15) is 51.9 Å². The molecule has 2 aliphatic carbocycles. The van der Waals surface area contributed by atoms with Crippen LogP contribution in [0.25, 0.3) is 0 Å². The third-order valence-electron chi connectivity index (χ3n) is 3.85. The molecule has 2 aliphatic rings. The fourth-order valence-electron chi connectivity index (χ4n) is 2.97. The maximum Gasteiger partial charge on any atom is 0.00671 e. The molecule has 2 fully saturated rings. The number of hydrogen-bond acceptors (Lipinski definition) is 1. The smallest absolute Gasteiger partial charge is 0.00671 e. The molecule has 0 aromatic rings. The Kier molecular flexibility index (Phi) is 3.26. The highest BCUT2D eigenvalue weighted by atomic mass is 14.9. The van der Waals surface area contributed by atoms with Gasteiger partial charge in [-0.15, -0.1) is 0 Å². The van der Waals surface area contributed by atoms with Gasteiger partial charge in [0, 0.05) is 6.04 Å². The zero-order chi connectivity index (χ0) is 9.10. The van der Waals surface area contributed by atoms with Crippen LogP contribution in [0.15, 0.2) is 0 Å². The molecule has 0 radical (unpaired) electrons. The van der Waals surface area contributed by atoms with Gasteiger partial charge in [0.2, 0.25) is 0 Å². The van der Waals surface area contributed by atoms with Crippen molar-refractivity contribution in [3.05, 3.63) is 0 Å². The van der Waals surface area contributed by atoms with E-state index in [9.17, 15) is 0 Å². The van der Waals surface area contributed by atoms with Gasteiger partial charge in [0.05, 0.1) is 0 Å². The highest BCUT2D eigenvalue weighted by Crippen LogP contribution is 2.30. The second-order valence-corrected chi connectivity index (χ2v) is 5.17. The van der Waals surface area contributed by atoms with Crippen LogP contribution in [0.3, 0.4) is 0 Å². The van der Waals surface area contributed by atoms with E-state index in [1.807, 2.05) is 0 Å². The summed E-state index contributed by atoms with van der Waals surface area (Å²) in [5, 5.41) is 3.74. The highest BCUT2D eigenvalue weighted by Gasteiger charge is 2.22. The van der Waals surface area contributed by atoms with E-state index in [4.69, 9.17) is 0 Å². The molecule has 0 bridgehead atoms. The van der Waals surface area contributed by atoms with Crippen molar-refractivity contribution in [2.24, 2.45) is 11.8 Å². The maximum atomic E-state index is 3.74. The van der Waals surface area contributed by atoms with Gasteiger partial charge in [-0.05, 0) is 44.1 Å². The van der Waals surface area contributed by atoms with E-state index >= 15 is 0 Å². The summed E-state index contributed by atoms with van der Waals surface area (Å²) in [5.74, 6) is 1.99. The predicted molar refractivity (Wildman–Crippen MR) is 56.8 cm³/mol. The first-order valence-corrected chi connectivity index (χ1v) is 6.08. The maximum absolute atomic E-state index is 3.74. The van der Waals surface area contributed by atoms with E-state index in [-0.39, 0.29) is 0 Å². The lowest BCUT2D eigenvalue weighted by atomic mass is 10.1. The normalized spacial score (nSPS) is 35.8. The lowest BCUT2D eigenvalue weighted by Gasteiger charge is -2.15. The van der Waals surface area contributed by atoms with Crippen molar-refractivity contribution in [1.29, 1.82) is 0 Å². The van der Waals surface area contributed by atoms with Gasteiger partial charge in [-0.2, -0.15) is 0 Å². The summed E-state index contributed by atoms with van der Waals surface area (Å²) in [4.78, 5) is 0. The summed E-state index contributed by atoms with van der Waals surface area (Å²) in [5.41, 5.74) is 0. The van der Waals surface area contributed by atoms with Gasteiger partial charge in [-0.1, -0.05) is 26.2 Å². The Morgan fingerprint density at radius 2 is 1.85 bits per heavy atom.